The molecule has 8 heteroatoms. The molecule has 0 aliphatic rings. The summed E-state index contributed by atoms with van der Waals surface area (Å²) in [6.07, 6.45) is -2.91. The third-order valence-electron chi connectivity index (χ3n) is 3.03. The number of hydrogen-bond acceptors (Lipinski definition) is 3. The minimum absolute atomic E-state index is 0.320. The van der Waals surface area contributed by atoms with Gasteiger partial charge >= 0.3 is 12.5 Å². The highest BCUT2D eigenvalue weighted by atomic mass is 19.3. The van der Waals surface area contributed by atoms with E-state index in [2.05, 4.69) is 9.84 Å². The van der Waals surface area contributed by atoms with Crippen molar-refractivity contribution in [2.75, 3.05) is 0 Å². The molecule has 2 aromatic rings. The van der Waals surface area contributed by atoms with E-state index in [9.17, 15) is 22.4 Å². The summed E-state index contributed by atoms with van der Waals surface area (Å²) in [5, 5.41) is 3.97. The smallest absolute Gasteiger partial charge is 0.428 e. The zero-order chi connectivity index (χ0) is 17.7. The summed E-state index contributed by atoms with van der Waals surface area (Å²) in [6.45, 7) is 2.49. The van der Waals surface area contributed by atoms with Gasteiger partial charge < -0.3 is 4.74 Å². The zero-order valence-electron chi connectivity index (χ0n) is 12.6. The number of alkyl halides is 4. The Hall–Kier alpha value is -2.64. The number of aromatic nitrogens is 2. The van der Waals surface area contributed by atoms with Crippen LogP contribution in [0.25, 0.3) is 6.08 Å². The van der Waals surface area contributed by atoms with Gasteiger partial charge in [0.15, 0.2) is 5.78 Å². The van der Waals surface area contributed by atoms with Crippen molar-refractivity contribution in [1.82, 2.24) is 9.78 Å². The van der Waals surface area contributed by atoms with E-state index in [0.717, 1.165) is 12.1 Å². The first kappa shape index (κ1) is 17.7. The molecule has 0 amide bonds. The van der Waals surface area contributed by atoms with Crippen LogP contribution in [-0.2, 0) is 6.54 Å². The fourth-order valence-corrected chi connectivity index (χ4v) is 1.82. The first-order valence-corrected chi connectivity index (χ1v) is 7.01. The molecule has 0 spiro atoms. The van der Waals surface area contributed by atoms with Crippen LogP contribution in [-0.4, -0.2) is 28.1 Å². The molecule has 24 heavy (non-hydrogen) atoms. The number of halogens is 4. The molecule has 0 aliphatic heterocycles. The molecule has 0 fully saturated rings. The normalized spacial score (nSPS) is 12.1. The van der Waals surface area contributed by atoms with Gasteiger partial charge in [-0.05, 0) is 30.7 Å². The van der Waals surface area contributed by atoms with Gasteiger partial charge in [0.25, 0.3) is 0 Å². The highest BCUT2D eigenvalue weighted by molar-refractivity contribution is 6.06. The molecule has 1 aromatic heterocycles. The Morgan fingerprint density at radius 3 is 2.79 bits per heavy atom. The van der Waals surface area contributed by atoms with Crippen LogP contribution in [0.5, 0.6) is 5.75 Å². The average Bonchev–Trinajstić information content (AvgIpc) is 3.01. The SMILES string of the molecule is CCn1cc(C(=O)/C=C/c2cccc(OC(F)(F)C(F)F)c2)cn1. The summed E-state index contributed by atoms with van der Waals surface area (Å²) in [5.41, 5.74) is 0.735. The maximum absolute atomic E-state index is 12.9. The number of ether oxygens (including phenoxy) is 1. The van der Waals surface area contributed by atoms with Gasteiger partial charge in [0, 0.05) is 12.7 Å². The molecular formula is C16H14F4N2O2. The molecule has 0 saturated carbocycles. The van der Waals surface area contributed by atoms with Crippen molar-refractivity contribution in [2.24, 2.45) is 0 Å². The van der Waals surface area contributed by atoms with E-state index in [0.29, 0.717) is 17.7 Å². The molecule has 2 rings (SSSR count). The third-order valence-corrected chi connectivity index (χ3v) is 3.03. The van der Waals surface area contributed by atoms with Crippen molar-refractivity contribution >= 4 is 11.9 Å². The minimum atomic E-state index is -4.58. The second-order valence-corrected chi connectivity index (χ2v) is 4.82. The van der Waals surface area contributed by atoms with Crippen LogP contribution in [0.2, 0.25) is 0 Å². The summed E-state index contributed by atoms with van der Waals surface area (Å²) in [7, 11) is 0. The Bertz CT molecular complexity index is 741. The maximum atomic E-state index is 12.9. The van der Waals surface area contributed by atoms with Gasteiger partial charge in [0.05, 0.1) is 11.8 Å². The number of ketones is 1. The van der Waals surface area contributed by atoms with Gasteiger partial charge in [0.2, 0.25) is 0 Å². The standard InChI is InChI=1S/C16H14F4N2O2/c1-2-22-10-12(9-21-22)14(23)7-6-11-4-3-5-13(8-11)24-16(19,20)15(17)18/h3-10,15H,2H2,1H3/b7-6+. The highest BCUT2D eigenvalue weighted by Gasteiger charge is 2.43. The highest BCUT2D eigenvalue weighted by Crippen LogP contribution is 2.28. The molecule has 0 saturated heterocycles. The molecule has 0 aliphatic carbocycles. The van der Waals surface area contributed by atoms with E-state index in [1.165, 1.54) is 30.5 Å². The van der Waals surface area contributed by atoms with E-state index in [4.69, 9.17) is 0 Å². The van der Waals surface area contributed by atoms with E-state index in [-0.39, 0.29) is 5.78 Å². The summed E-state index contributed by atoms with van der Waals surface area (Å²) >= 11 is 0. The van der Waals surface area contributed by atoms with Crippen molar-refractivity contribution in [3.8, 4) is 5.75 Å². The van der Waals surface area contributed by atoms with Gasteiger partial charge in [-0.15, -0.1) is 0 Å². The van der Waals surface area contributed by atoms with Crippen LogP contribution in [0.3, 0.4) is 0 Å². The van der Waals surface area contributed by atoms with Crippen molar-refractivity contribution in [2.45, 2.75) is 26.0 Å². The third kappa shape index (κ3) is 4.43. The van der Waals surface area contributed by atoms with Gasteiger partial charge in [0.1, 0.15) is 5.75 Å². The molecule has 0 radical (unpaired) electrons. The van der Waals surface area contributed by atoms with Gasteiger partial charge in [-0.3, -0.25) is 9.48 Å². The van der Waals surface area contributed by atoms with E-state index >= 15 is 0 Å². The summed E-state index contributed by atoms with van der Waals surface area (Å²) in [4.78, 5) is 12.0. The monoisotopic (exact) mass is 342 g/mol. The van der Waals surface area contributed by atoms with Crippen LogP contribution in [0.4, 0.5) is 17.6 Å². The first-order chi connectivity index (χ1) is 11.3. The maximum Gasteiger partial charge on any atom is 0.461 e. The number of rotatable bonds is 7. The van der Waals surface area contributed by atoms with Crippen LogP contribution in [0.1, 0.15) is 22.8 Å². The largest absolute Gasteiger partial charge is 0.461 e. The topological polar surface area (TPSA) is 44.1 Å². The first-order valence-electron chi connectivity index (χ1n) is 7.01. The predicted octanol–water partition coefficient (Wildman–Crippen LogP) is 4.04. The lowest BCUT2D eigenvalue weighted by molar-refractivity contribution is -0.253. The summed E-state index contributed by atoms with van der Waals surface area (Å²) in [6, 6.07) is 5.14. The van der Waals surface area contributed by atoms with Crippen LogP contribution >= 0.6 is 0 Å². The van der Waals surface area contributed by atoms with Crippen LogP contribution in [0, 0.1) is 0 Å². The van der Waals surface area contributed by atoms with Crippen LogP contribution in [0.15, 0.2) is 42.7 Å². The molecule has 1 heterocycles. The number of nitrogens with zero attached hydrogens (tertiary/aromatic N) is 2. The molecule has 0 atom stereocenters. The molecular weight excluding hydrogens is 328 g/mol. The van der Waals surface area contributed by atoms with Crippen molar-refractivity contribution < 1.29 is 27.1 Å². The lowest BCUT2D eigenvalue weighted by Gasteiger charge is -2.16. The Morgan fingerprint density at radius 2 is 2.17 bits per heavy atom. The quantitative estimate of drug-likeness (QED) is 0.433. The molecule has 1 aromatic carbocycles. The van der Waals surface area contributed by atoms with E-state index in [1.807, 2.05) is 6.92 Å². The predicted molar refractivity (Wildman–Crippen MR) is 79.3 cm³/mol. The Kier molecular flexibility index (Phi) is 5.38. The fourth-order valence-electron chi connectivity index (χ4n) is 1.82. The van der Waals surface area contributed by atoms with E-state index in [1.54, 1.807) is 10.9 Å². The Labute approximate surface area is 135 Å². The second kappa shape index (κ2) is 7.29. The van der Waals surface area contributed by atoms with Gasteiger partial charge in [-0.25, -0.2) is 0 Å². The number of allylic oxidation sites excluding steroid dienone is 1. The van der Waals surface area contributed by atoms with Crippen molar-refractivity contribution in [1.29, 1.82) is 0 Å². The number of carbonyl (C=O) groups is 1. The van der Waals surface area contributed by atoms with Crippen molar-refractivity contribution in [3.05, 3.63) is 53.9 Å². The number of benzene rings is 1. The summed E-state index contributed by atoms with van der Waals surface area (Å²) in [5.74, 6) is -0.743. The number of aryl methyl sites for hydroxylation is 1. The fraction of sp³-hybridized carbons (Fsp3) is 0.250. The average molecular weight is 342 g/mol. The molecule has 128 valence electrons. The molecule has 4 nitrogen and oxygen atoms in total. The number of carbonyl (C=O) groups excluding carboxylic acids is 1. The lowest BCUT2D eigenvalue weighted by atomic mass is 10.1. The minimum Gasteiger partial charge on any atom is -0.428 e. The van der Waals surface area contributed by atoms with Crippen LogP contribution < -0.4 is 4.74 Å². The Balaban J connectivity index is 2.10. The molecule has 0 N–H and O–H groups in total. The zero-order valence-corrected chi connectivity index (χ0v) is 12.6. The second-order valence-electron chi connectivity index (χ2n) is 4.82. The molecule has 0 bridgehead atoms. The van der Waals surface area contributed by atoms with Crippen molar-refractivity contribution in [3.63, 3.8) is 0 Å². The van der Waals surface area contributed by atoms with Gasteiger partial charge in [-0.2, -0.15) is 22.7 Å². The Morgan fingerprint density at radius 1 is 1.42 bits per heavy atom. The summed E-state index contributed by atoms with van der Waals surface area (Å²) < 4.78 is 55.6. The number of hydrogen-bond donors (Lipinski definition) is 0. The lowest BCUT2D eigenvalue weighted by Crippen LogP contribution is -2.33. The van der Waals surface area contributed by atoms with E-state index < -0.39 is 18.3 Å². The molecule has 0 unspecified atom stereocenters. The van der Waals surface area contributed by atoms with Gasteiger partial charge in [-0.1, -0.05) is 18.2 Å².